The third-order valence-corrected chi connectivity index (χ3v) is 4.15. The fourth-order valence-electron chi connectivity index (χ4n) is 2.71. The normalized spacial score (nSPS) is 11.6. The number of amides is 2. The van der Waals surface area contributed by atoms with Crippen molar-refractivity contribution in [3.05, 3.63) is 78.0 Å². The van der Waals surface area contributed by atoms with Gasteiger partial charge in [-0.25, -0.2) is 9.59 Å². The fourth-order valence-corrected chi connectivity index (χ4v) is 2.71. The van der Waals surface area contributed by atoms with Crippen LogP contribution in [0.1, 0.15) is 36.7 Å². The van der Waals surface area contributed by atoms with Gasteiger partial charge in [0.05, 0.1) is 11.1 Å². The summed E-state index contributed by atoms with van der Waals surface area (Å²) >= 11 is 0. The number of ether oxygens (including phenoxy) is 1. The van der Waals surface area contributed by atoms with Gasteiger partial charge in [-0.2, -0.15) is 0 Å². The van der Waals surface area contributed by atoms with Gasteiger partial charge in [-0.3, -0.25) is 9.78 Å². The summed E-state index contributed by atoms with van der Waals surface area (Å²) in [6.07, 6.45) is 0.982. The summed E-state index contributed by atoms with van der Waals surface area (Å²) in [4.78, 5) is 37.6. The number of fused-ring (bicyclic) bond motifs is 1. The van der Waals surface area contributed by atoms with E-state index in [0.29, 0.717) is 5.56 Å². The Hall–Kier alpha value is -3.94. The average Bonchev–Trinajstić information content (AvgIpc) is 2.72. The molecule has 8 nitrogen and oxygen atoms in total. The molecule has 1 heterocycles. The van der Waals surface area contributed by atoms with E-state index in [0.717, 1.165) is 16.5 Å². The van der Waals surface area contributed by atoms with Crippen molar-refractivity contribution >= 4 is 28.9 Å². The Morgan fingerprint density at radius 3 is 2.28 bits per heavy atom. The molecule has 3 aromatic rings. The Morgan fingerprint density at radius 1 is 1.06 bits per heavy atom. The highest BCUT2D eigenvalue weighted by Gasteiger charge is 2.24. The van der Waals surface area contributed by atoms with Crippen molar-refractivity contribution in [2.75, 3.05) is 0 Å². The molecule has 0 aliphatic rings. The Bertz CT molecular complexity index is 1080. The van der Waals surface area contributed by atoms with Crippen LogP contribution in [0.15, 0.2) is 66.9 Å². The van der Waals surface area contributed by atoms with E-state index in [1.165, 1.54) is 6.20 Å². The number of nitrogens with two attached hydrogens (primary N) is 1. The zero-order valence-electron chi connectivity index (χ0n) is 18.2. The van der Waals surface area contributed by atoms with Crippen LogP contribution in [0.2, 0.25) is 0 Å². The summed E-state index contributed by atoms with van der Waals surface area (Å²) in [5, 5.41) is 12.4. The maximum atomic E-state index is 11.6. The lowest BCUT2D eigenvalue weighted by Gasteiger charge is -2.22. The van der Waals surface area contributed by atoms with E-state index in [1.54, 1.807) is 26.8 Å². The smallest absolute Gasteiger partial charge is 0.408 e. The minimum Gasteiger partial charge on any atom is -0.480 e. The van der Waals surface area contributed by atoms with Gasteiger partial charge < -0.3 is 20.9 Å². The molecule has 3 rings (SSSR count). The summed E-state index contributed by atoms with van der Waals surface area (Å²) < 4.78 is 5.04. The molecular formula is C24H27N3O5. The lowest BCUT2D eigenvalue weighted by Crippen LogP contribution is -2.44. The summed E-state index contributed by atoms with van der Waals surface area (Å²) in [5.41, 5.74) is 6.62. The van der Waals surface area contributed by atoms with Crippen LogP contribution >= 0.6 is 0 Å². The van der Waals surface area contributed by atoms with Gasteiger partial charge in [-0.05, 0) is 38.5 Å². The SMILES string of the molecule is CC(C)(C)OC(=O)N[C@H](Cc1ccccc1)C(=O)O.NC(=O)c1cnc2ccccc2c1. The van der Waals surface area contributed by atoms with Crippen molar-refractivity contribution in [3.63, 3.8) is 0 Å². The third kappa shape index (κ3) is 8.06. The van der Waals surface area contributed by atoms with E-state index in [4.69, 9.17) is 15.6 Å². The quantitative estimate of drug-likeness (QED) is 0.559. The molecule has 2 amide bonds. The summed E-state index contributed by atoms with van der Waals surface area (Å²) in [7, 11) is 0. The molecule has 1 aromatic heterocycles. The van der Waals surface area contributed by atoms with E-state index in [2.05, 4.69) is 10.3 Å². The zero-order chi connectivity index (χ0) is 23.7. The van der Waals surface area contributed by atoms with Gasteiger partial charge in [0.2, 0.25) is 5.91 Å². The number of carboxylic acid groups (broad SMARTS) is 1. The maximum absolute atomic E-state index is 11.6. The molecule has 0 spiro atoms. The number of aromatic nitrogens is 1. The Kier molecular flexibility index (Phi) is 8.29. The number of alkyl carbamates (subject to hydrolysis) is 1. The van der Waals surface area contributed by atoms with Gasteiger partial charge in [0, 0.05) is 18.0 Å². The molecule has 0 saturated carbocycles. The first-order valence-electron chi connectivity index (χ1n) is 9.96. The molecule has 0 aliphatic heterocycles. The zero-order valence-corrected chi connectivity index (χ0v) is 18.2. The minimum atomic E-state index is -1.09. The van der Waals surface area contributed by atoms with Crippen molar-refractivity contribution < 1.29 is 24.2 Å². The van der Waals surface area contributed by atoms with Crippen LogP contribution in [-0.4, -0.2) is 39.7 Å². The molecule has 0 radical (unpaired) electrons. The van der Waals surface area contributed by atoms with Crippen LogP contribution < -0.4 is 11.1 Å². The number of carboxylic acids is 1. The second kappa shape index (κ2) is 10.9. The topological polar surface area (TPSA) is 132 Å². The Labute approximate surface area is 186 Å². The molecule has 0 saturated heterocycles. The van der Waals surface area contributed by atoms with Crippen LogP contribution in [0.4, 0.5) is 4.79 Å². The molecule has 0 fully saturated rings. The number of para-hydroxylation sites is 1. The minimum absolute atomic E-state index is 0.218. The van der Waals surface area contributed by atoms with Crippen LogP contribution in [0, 0.1) is 0 Å². The van der Waals surface area contributed by atoms with E-state index in [-0.39, 0.29) is 6.42 Å². The molecule has 4 N–H and O–H groups in total. The van der Waals surface area contributed by atoms with Gasteiger partial charge >= 0.3 is 12.1 Å². The first-order chi connectivity index (χ1) is 15.0. The lowest BCUT2D eigenvalue weighted by atomic mass is 10.1. The van der Waals surface area contributed by atoms with Crippen LogP contribution in [-0.2, 0) is 16.0 Å². The monoisotopic (exact) mass is 437 g/mol. The number of carbonyl (C=O) groups is 3. The molecule has 2 aromatic carbocycles. The number of rotatable bonds is 5. The largest absolute Gasteiger partial charge is 0.480 e. The van der Waals surface area contributed by atoms with Crippen molar-refractivity contribution in [2.45, 2.75) is 38.8 Å². The number of nitrogens with zero attached hydrogens (tertiary/aromatic N) is 1. The Balaban J connectivity index is 0.000000242. The van der Waals surface area contributed by atoms with E-state index < -0.39 is 29.6 Å². The van der Waals surface area contributed by atoms with Gasteiger partial charge in [0.15, 0.2) is 0 Å². The molecule has 1 atom stereocenters. The number of primary amides is 1. The lowest BCUT2D eigenvalue weighted by molar-refractivity contribution is -0.139. The summed E-state index contributed by atoms with van der Waals surface area (Å²) in [6, 6.07) is 17.4. The molecule has 0 unspecified atom stereocenters. The van der Waals surface area contributed by atoms with Crippen molar-refractivity contribution in [2.24, 2.45) is 5.73 Å². The van der Waals surface area contributed by atoms with Gasteiger partial charge in [-0.15, -0.1) is 0 Å². The predicted octanol–water partition coefficient (Wildman–Crippen LogP) is 3.54. The molecule has 8 heteroatoms. The van der Waals surface area contributed by atoms with Crippen LogP contribution in [0.3, 0.4) is 0 Å². The molecule has 0 bridgehead atoms. The van der Waals surface area contributed by atoms with Crippen LogP contribution in [0.25, 0.3) is 10.9 Å². The third-order valence-electron chi connectivity index (χ3n) is 4.15. The fraction of sp³-hybridized carbons (Fsp3) is 0.250. The Morgan fingerprint density at radius 2 is 1.69 bits per heavy atom. The van der Waals surface area contributed by atoms with E-state index in [9.17, 15) is 14.4 Å². The van der Waals surface area contributed by atoms with Crippen molar-refractivity contribution in [1.29, 1.82) is 0 Å². The standard InChI is InChI=1S/C14H19NO4.C10H8N2O/c1-14(2,3)19-13(18)15-11(12(16)17)9-10-7-5-4-6-8-10;11-10(13)8-5-7-3-1-2-4-9(7)12-6-8/h4-8,11H,9H2,1-3H3,(H,15,18)(H,16,17);1-6H,(H2,11,13)/t11-;/m1./s1. The highest BCUT2D eigenvalue weighted by Crippen LogP contribution is 2.12. The second-order valence-electron chi connectivity index (χ2n) is 8.01. The van der Waals surface area contributed by atoms with Gasteiger partial charge in [0.1, 0.15) is 11.6 Å². The highest BCUT2D eigenvalue weighted by molar-refractivity contribution is 5.96. The van der Waals surface area contributed by atoms with Crippen molar-refractivity contribution in [3.8, 4) is 0 Å². The first kappa shape index (κ1) is 24.3. The first-order valence-corrected chi connectivity index (χ1v) is 9.96. The predicted molar refractivity (Wildman–Crippen MR) is 121 cm³/mol. The summed E-state index contributed by atoms with van der Waals surface area (Å²) in [5.74, 6) is -1.53. The second-order valence-corrected chi connectivity index (χ2v) is 8.01. The number of hydrogen-bond acceptors (Lipinski definition) is 5. The number of nitrogens with one attached hydrogen (secondary N) is 1. The van der Waals surface area contributed by atoms with E-state index >= 15 is 0 Å². The van der Waals surface area contributed by atoms with Gasteiger partial charge in [0.25, 0.3) is 0 Å². The van der Waals surface area contributed by atoms with E-state index in [1.807, 2.05) is 54.6 Å². The number of carbonyl (C=O) groups excluding carboxylic acids is 2. The number of pyridine rings is 1. The summed E-state index contributed by atoms with van der Waals surface area (Å²) in [6.45, 7) is 5.17. The number of hydrogen-bond donors (Lipinski definition) is 3. The highest BCUT2D eigenvalue weighted by atomic mass is 16.6. The molecule has 168 valence electrons. The maximum Gasteiger partial charge on any atom is 0.408 e. The molecule has 0 aliphatic carbocycles. The number of benzene rings is 2. The molecular weight excluding hydrogens is 410 g/mol. The van der Waals surface area contributed by atoms with Crippen molar-refractivity contribution in [1.82, 2.24) is 10.3 Å². The van der Waals surface area contributed by atoms with Gasteiger partial charge in [-0.1, -0.05) is 48.5 Å². The average molecular weight is 437 g/mol. The molecule has 32 heavy (non-hydrogen) atoms. The van der Waals surface area contributed by atoms with Crippen LogP contribution in [0.5, 0.6) is 0 Å². The number of aliphatic carboxylic acids is 1.